The molecular formula is C13H16N2O4S2. The van der Waals surface area contributed by atoms with Crippen molar-refractivity contribution in [2.45, 2.75) is 19.8 Å². The molecule has 0 spiro atoms. The van der Waals surface area contributed by atoms with E-state index < -0.39 is 16.0 Å². The molecule has 0 fully saturated rings. The molecule has 2 aromatic rings. The molecule has 1 aromatic heterocycles. The Hall–Kier alpha value is -1.67. The van der Waals surface area contributed by atoms with E-state index in [1.54, 1.807) is 18.2 Å². The van der Waals surface area contributed by atoms with Crippen molar-refractivity contribution in [3.8, 4) is 0 Å². The fraction of sp³-hybridized carbons (Fsp3) is 0.385. The number of anilines is 1. The molecule has 0 atom stereocenters. The number of hydrogen-bond acceptors (Lipinski definition) is 6. The summed E-state index contributed by atoms with van der Waals surface area (Å²) in [5.74, 6) is -0.534. The first-order chi connectivity index (χ1) is 9.89. The van der Waals surface area contributed by atoms with Gasteiger partial charge in [-0.2, -0.15) is 0 Å². The minimum absolute atomic E-state index is 0.0878. The molecule has 0 radical (unpaired) electrons. The zero-order valence-corrected chi connectivity index (χ0v) is 13.4. The number of benzene rings is 1. The van der Waals surface area contributed by atoms with E-state index in [1.165, 1.54) is 18.4 Å². The number of carbonyl (C=O) groups excluding carboxylic acids is 1. The average molecular weight is 328 g/mol. The second-order valence-electron chi connectivity index (χ2n) is 4.52. The van der Waals surface area contributed by atoms with Crippen molar-refractivity contribution >= 4 is 43.2 Å². The molecule has 0 saturated carbocycles. The highest BCUT2D eigenvalue weighted by Crippen LogP contribution is 2.25. The second kappa shape index (κ2) is 6.40. The van der Waals surface area contributed by atoms with Crippen LogP contribution in [0, 0.1) is 6.92 Å². The van der Waals surface area contributed by atoms with Crippen molar-refractivity contribution in [1.29, 1.82) is 0 Å². The molecule has 2 rings (SSSR count). The molecule has 1 N–H and O–H groups in total. The Morgan fingerprint density at radius 2 is 2.19 bits per heavy atom. The first-order valence-electron chi connectivity index (χ1n) is 6.34. The second-order valence-corrected chi connectivity index (χ2v) is 7.59. The maximum Gasteiger partial charge on any atom is 0.305 e. The fourth-order valence-electron chi connectivity index (χ4n) is 1.84. The molecule has 0 aliphatic rings. The summed E-state index contributed by atoms with van der Waals surface area (Å²) in [5, 5.41) is 0.933. The van der Waals surface area contributed by atoms with Gasteiger partial charge in [0.05, 0.1) is 33.8 Å². The van der Waals surface area contributed by atoms with Crippen molar-refractivity contribution < 1.29 is 17.9 Å². The molecule has 1 heterocycles. The van der Waals surface area contributed by atoms with E-state index in [0.717, 1.165) is 15.2 Å². The predicted molar refractivity (Wildman–Crippen MR) is 83.0 cm³/mol. The highest BCUT2D eigenvalue weighted by atomic mass is 32.2. The van der Waals surface area contributed by atoms with Crippen LogP contribution in [-0.2, 0) is 19.6 Å². The van der Waals surface area contributed by atoms with Gasteiger partial charge in [0.25, 0.3) is 0 Å². The van der Waals surface area contributed by atoms with Crippen LogP contribution < -0.4 is 4.72 Å². The van der Waals surface area contributed by atoms with Gasteiger partial charge in [0.2, 0.25) is 10.0 Å². The van der Waals surface area contributed by atoms with Crippen LogP contribution in [0.4, 0.5) is 5.69 Å². The summed E-state index contributed by atoms with van der Waals surface area (Å²) in [6, 6.07) is 5.22. The largest absolute Gasteiger partial charge is 0.469 e. The highest BCUT2D eigenvalue weighted by molar-refractivity contribution is 7.92. The molecule has 21 heavy (non-hydrogen) atoms. The van der Waals surface area contributed by atoms with Crippen molar-refractivity contribution in [1.82, 2.24) is 4.98 Å². The van der Waals surface area contributed by atoms with Gasteiger partial charge < -0.3 is 4.74 Å². The maximum atomic E-state index is 11.9. The number of ether oxygens (including phenoxy) is 1. The number of fused-ring (bicyclic) bond motifs is 1. The standard InChI is InChI=1S/C13H16N2O4S2/c1-9-14-11-6-5-10(8-12(11)20-9)15-21(17,18)7-3-4-13(16)19-2/h5-6,8,15H,3-4,7H2,1-2H3. The van der Waals surface area contributed by atoms with Gasteiger partial charge in [0.15, 0.2) is 0 Å². The lowest BCUT2D eigenvalue weighted by Crippen LogP contribution is -2.17. The van der Waals surface area contributed by atoms with Gasteiger partial charge in [-0.3, -0.25) is 9.52 Å². The van der Waals surface area contributed by atoms with Crippen molar-refractivity contribution in [3.05, 3.63) is 23.2 Å². The Bertz CT molecular complexity index is 753. The van der Waals surface area contributed by atoms with Crippen LogP contribution in [0.2, 0.25) is 0 Å². The van der Waals surface area contributed by atoms with E-state index >= 15 is 0 Å². The van der Waals surface area contributed by atoms with Gasteiger partial charge in [-0.15, -0.1) is 11.3 Å². The lowest BCUT2D eigenvalue weighted by molar-refractivity contribution is -0.140. The van der Waals surface area contributed by atoms with Crippen LogP contribution in [0.15, 0.2) is 18.2 Å². The number of sulfonamides is 1. The van der Waals surface area contributed by atoms with Gasteiger partial charge in [0, 0.05) is 6.42 Å². The number of carbonyl (C=O) groups is 1. The SMILES string of the molecule is COC(=O)CCCS(=O)(=O)Nc1ccc2nc(C)sc2c1. The summed E-state index contributed by atoms with van der Waals surface area (Å²) in [5.41, 5.74) is 1.36. The molecule has 0 aliphatic heterocycles. The zero-order valence-electron chi connectivity index (χ0n) is 11.8. The molecule has 8 heteroatoms. The molecule has 0 bridgehead atoms. The molecular weight excluding hydrogens is 312 g/mol. The summed E-state index contributed by atoms with van der Waals surface area (Å²) in [4.78, 5) is 15.3. The predicted octanol–water partition coefficient (Wildman–Crippen LogP) is 2.30. The number of nitrogens with one attached hydrogen (secondary N) is 1. The number of thiazole rings is 1. The Kier molecular flexibility index (Phi) is 4.79. The Morgan fingerprint density at radius 1 is 1.43 bits per heavy atom. The third kappa shape index (κ3) is 4.40. The topological polar surface area (TPSA) is 85.4 Å². The number of hydrogen-bond donors (Lipinski definition) is 1. The van der Waals surface area contributed by atoms with Crippen LogP contribution in [0.25, 0.3) is 10.2 Å². The van der Waals surface area contributed by atoms with E-state index in [9.17, 15) is 13.2 Å². The molecule has 0 saturated heterocycles. The van der Waals surface area contributed by atoms with Gasteiger partial charge in [-0.05, 0) is 31.5 Å². The monoisotopic (exact) mass is 328 g/mol. The summed E-state index contributed by atoms with van der Waals surface area (Å²) in [6.45, 7) is 1.90. The van der Waals surface area contributed by atoms with Crippen molar-refractivity contribution in [3.63, 3.8) is 0 Å². The molecule has 1 aromatic carbocycles. The minimum atomic E-state index is -3.47. The third-order valence-electron chi connectivity index (χ3n) is 2.79. The Labute approximate surface area is 127 Å². The quantitative estimate of drug-likeness (QED) is 0.822. The van der Waals surface area contributed by atoms with Gasteiger partial charge >= 0.3 is 5.97 Å². The summed E-state index contributed by atoms with van der Waals surface area (Å²) >= 11 is 1.51. The van der Waals surface area contributed by atoms with Gasteiger partial charge in [-0.25, -0.2) is 13.4 Å². The van der Waals surface area contributed by atoms with E-state index in [1.807, 2.05) is 6.92 Å². The van der Waals surface area contributed by atoms with E-state index in [4.69, 9.17) is 0 Å². The molecule has 0 unspecified atom stereocenters. The van der Waals surface area contributed by atoms with Crippen LogP contribution in [0.3, 0.4) is 0 Å². The number of methoxy groups -OCH3 is 1. The van der Waals surface area contributed by atoms with Crippen LogP contribution in [0.1, 0.15) is 17.8 Å². The smallest absolute Gasteiger partial charge is 0.305 e. The number of nitrogens with zero attached hydrogens (tertiary/aromatic N) is 1. The molecule has 114 valence electrons. The van der Waals surface area contributed by atoms with Gasteiger partial charge in [0.1, 0.15) is 0 Å². The minimum Gasteiger partial charge on any atom is -0.469 e. The van der Waals surface area contributed by atoms with E-state index in [-0.39, 0.29) is 18.6 Å². The normalized spacial score (nSPS) is 11.5. The number of aryl methyl sites for hydroxylation is 1. The van der Waals surface area contributed by atoms with Gasteiger partial charge in [-0.1, -0.05) is 0 Å². The van der Waals surface area contributed by atoms with Crippen LogP contribution in [-0.4, -0.2) is 32.2 Å². The highest BCUT2D eigenvalue weighted by Gasteiger charge is 2.12. The molecule has 0 amide bonds. The first-order valence-corrected chi connectivity index (χ1v) is 8.81. The van der Waals surface area contributed by atoms with E-state index in [0.29, 0.717) is 5.69 Å². The average Bonchev–Trinajstić information content (AvgIpc) is 2.77. The van der Waals surface area contributed by atoms with Crippen LogP contribution in [0.5, 0.6) is 0 Å². The lowest BCUT2D eigenvalue weighted by Gasteiger charge is -2.07. The summed E-state index contributed by atoms with van der Waals surface area (Å²) < 4.78 is 31.8. The van der Waals surface area contributed by atoms with Crippen molar-refractivity contribution in [2.24, 2.45) is 0 Å². The third-order valence-corrected chi connectivity index (χ3v) is 5.10. The number of esters is 1. The summed E-state index contributed by atoms with van der Waals surface area (Å²) in [7, 11) is -2.19. The number of rotatable bonds is 6. The van der Waals surface area contributed by atoms with E-state index in [2.05, 4.69) is 14.4 Å². The fourth-order valence-corrected chi connectivity index (χ4v) is 3.82. The number of aromatic nitrogens is 1. The Morgan fingerprint density at radius 3 is 2.90 bits per heavy atom. The summed E-state index contributed by atoms with van der Waals surface area (Å²) in [6.07, 6.45) is 0.314. The molecule has 6 nitrogen and oxygen atoms in total. The molecule has 0 aliphatic carbocycles. The zero-order chi connectivity index (χ0) is 15.5. The first kappa shape index (κ1) is 15.7. The maximum absolute atomic E-state index is 11.9. The lowest BCUT2D eigenvalue weighted by atomic mass is 10.3. The Balaban J connectivity index is 2.02. The van der Waals surface area contributed by atoms with Crippen molar-refractivity contribution in [2.75, 3.05) is 17.6 Å². The van der Waals surface area contributed by atoms with Crippen LogP contribution >= 0.6 is 11.3 Å².